The number of carbonyl (C=O) groups excluding carboxylic acids is 1. The third-order valence-corrected chi connectivity index (χ3v) is 2.52. The minimum atomic E-state index is -0.729. The van der Waals surface area contributed by atoms with E-state index < -0.39 is 11.9 Å². The van der Waals surface area contributed by atoms with Crippen molar-refractivity contribution in [3.05, 3.63) is 29.6 Å². The Hall–Kier alpha value is -1.62. The van der Waals surface area contributed by atoms with Gasteiger partial charge in [0, 0.05) is 19.2 Å². The Morgan fingerprint density at radius 1 is 1.50 bits per heavy atom. The van der Waals surface area contributed by atoms with E-state index in [0.717, 1.165) is 6.54 Å². The Labute approximate surface area is 107 Å². The predicted octanol–water partition coefficient (Wildman–Crippen LogP) is 1.45. The molecule has 0 bridgehead atoms. The van der Waals surface area contributed by atoms with Crippen molar-refractivity contribution in [1.82, 2.24) is 10.6 Å². The molecule has 0 heterocycles. The summed E-state index contributed by atoms with van der Waals surface area (Å²) in [7, 11) is 1.52. The maximum atomic E-state index is 13.7. The molecule has 100 valence electrons. The maximum absolute atomic E-state index is 13.7. The molecule has 0 aliphatic carbocycles. The highest BCUT2D eigenvalue weighted by molar-refractivity contribution is 5.80. The lowest BCUT2D eigenvalue weighted by Crippen LogP contribution is -2.34. The third kappa shape index (κ3) is 3.70. The Morgan fingerprint density at radius 3 is 2.83 bits per heavy atom. The van der Waals surface area contributed by atoms with Crippen molar-refractivity contribution in [3.63, 3.8) is 0 Å². The molecule has 1 rings (SSSR count). The van der Waals surface area contributed by atoms with Crippen molar-refractivity contribution in [2.45, 2.75) is 26.5 Å². The standard InChI is InChI=1S/C13H19FN2O2/c1-4-16-8-10-6-5-7-11(14)12(10)18-9(2)13(17)15-3/h5-7,9,16H,4,8H2,1-3H3,(H,15,17). The summed E-state index contributed by atoms with van der Waals surface area (Å²) >= 11 is 0. The first-order valence-electron chi connectivity index (χ1n) is 5.96. The van der Waals surface area contributed by atoms with Crippen LogP contribution in [0.4, 0.5) is 4.39 Å². The first-order chi connectivity index (χ1) is 8.60. The number of carbonyl (C=O) groups is 1. The Morgan fingerprint density at radius 2 is 2.22 bits per heavy atom. The van der Waals surface area contributed by atoms with Crippen molar-refractivity contribution >= 4 is 5.91 Å². The van der Waals surface area contributed by atoms with Gasteiger partial charge in [-0.05, 0) is 19.5 Å². The van der Waals surface area contributed by atoms with Gasteiger partial charge in [-0.3, -0.25) is 4.79 Å². The van der Waals surface area contributed by atoms with Crippen LogP contribution in [0.5, 0.6) is 5.75 Å². The Balaban J connectivity index is 2.88. The average Bonchev–Trinajstić information content (AvgIpc) is 2.38. The van der Waals surface area contributed by atoms with Gasteiger partial charge in [0.25, 0.3) is 5.91 Å². The molecule has 5 heteroatoms. The fourth-order valence-corrected chi connectivity index (χ4v) is 1.52. The number of ether oxygens (including phenoxy) is 1. The number of benzene rings is 1. The summed E-state index contributed by atoms with van der Waals surface area (Å²) in [4.78, 5) is 11.4. The van der Waals surface area contributed by atoms with Crippen LogP contribution in [0.25, 0.3) is 0 Å². The molecule has 0 aliphatic heterocycles. The lowest BCUT2D eigenvalue weighted by atomic mass is 10.2. The topological polar surface area (TPSA) is 50.4 Å². The van der Waals surface area contributed by atoms with Gasteiger partial charge in [-0.2, -0.15) is 0 Å². The summed E-state index contributed by atoms with van der Waals surface area (Å²) in [6.07, 6.45) is -0.729. The lowest BCUT2D eigenvalue weighted by molar-refractivity contribution is -0.126. The van der Waals surface area contributed by atoms with Gasteiger partial charge < -0.3 is 15.4 Å². The van der Waals surface area contributed by atoms with Gasteiger partial charge in [-0.15, -0.1) is 0 Å². The fourth-order valence-electron chi connectivity index (χ4n) is 1.52. The van der Waals surface area contributed by atoms with Gasteiger partial charge >= 0.3 is 0 Å². The van der Waals surface area contributed by atoms with Crippen LogP contribution in [0.3, 0.4) is 0 Å². The van der Waals surface area contributed by atoms with Crippen LogP contribution in [0.1, 0.15) is 19.4 Å². The lowest BCUT2D eigenvalue weighted by Gasteiger charge is -2.17. The average molecular weight is 254 g/mol. The Bertz CT molecular complexity index is 410. The van der Waals surface area contributed by atoms with E-state index in [4.69, 9.17) is 4.74 Å². The molecule has 0 aromatic heterocycles. The van der Waals surface area contributed by atoms with Gasteiger partial charge in [0.2, 0.25) is 0 Å². The number of hydrogen-bond donors (Lipinski definition) is 2. The molecule has 2 N–H and O–H groups in total. The summed E-state index contributed by atoms with van der Waals surface area (Å²) in [5.41, 5.74) is 0.701. The van der Waals surface area contributed by atoms with Gasteiger partial charge in [-0.25, -0.2) is 4.39 Å². The van der Waals surface area contributed by atoms with Crippen molar-refractivity contribution in [3.8, 4) is 5.75 Å². The molecule has 18 heavy (non-hydrogen) atoms. The van der Waals surface area contributed by atoms with Crippen LogP contribution in [0, 0.1) is 5.82 Å². The summed E-state index contributed by atoms with van der Waals surface area (Å²) in [6.45, 7) is 4.83. The van der Waals surface area contributed by atoms with Crippen molar-refractivity contribution in [1.29, 1.82) is 0 Å². The number of hydrogen-bond acceptors (Lipinski definition) is 3. The van der Waals surface area contributed by atoms with E-state index in [-0.39, 0.29) is 11.7 Å². The van der Waals surface area contributed by atoms with Crippen LogP contribution in [-0.4, -0.2) is 25.6 Å². The van der Waals surface area contributed by atoms with Gasteiger partial charge in [0.05, 0.1) is 0 Å². The second-order valence-corrected chi connectivity index (χ2v) is 3.88. The third-order valence-electron chi connectivity index (χ3n) is 2.52. The highest BCUT2D eigenvalue weighted by atomic mass is 19.1. The SMILES string of the molecule is CCNCc1cccc(F)c1OC(C)C(=O)NC. The number of para-hydroxylation sites is 1. The number of rotatable bonds is 6. The molecule has 0 aliphatic rings. The summed E-state index contributed by atoms with van der Waals surface area (Å²) < 4.78 is 19.1. The van der Waals surface area contributed by atoms with Crippen LogP contribution in [0.15, 0.2) is 18.2 Å². The number of nitrogens with one attached hydrogen (secondary N) is 2. The normalized spacial score (nSPS) is 12.0. The second-order valence-electron chi connectivity index (χ2n) is 3.88. The molecule has 0 radical (unpaired) electrons. The smallest absolute Gasteiger partial charge is 0.260 e. The van der Waals surface area contributed by atoms with Crippen LogP contribution in [-0.2, 0) is 11.3 Å². The molecule has 4 nitrogen and oxygen atoms in total. The van der Waals surface area contributed by atoms with E-state index in [0.29, 0.717) is 12.1 Å². The van der Waals surface area contributed by atoms with Crippen molar-refractivity contribution in [2.75, 3.05) is 13.6 Å². The molecule has 1 aromatic carbocycles. The number of likely N-dealkylation sites (N-methyl/N-ethyl adjacent to an activating group) is 1. The summed E-state index contributed by atoms with van der Waals surface area (Å²) in [6, 6.07) is 4.72. The summed E-state index contributed by atoms with van der Waals surface area (Å²) in [5.74, 6) is -0.608. The summed E-state index contributed by atoms with van der Waals surface area (Å²) in [5, 5.41) is 5.57. The van der Waals surface area contributed by atoms with Gasteiger partial charge in [0.15, 0.2) is 17.7 Å². The molecular weight excluding hydrogens is 235 g/mol. The second kappa shape index (κ2) is 6.96. The fraction of sp³-hybridized carbons (Fsp3) is 0.462. The maximum Gasteiger partial charge on any atom is 0.260 e. The largest absolute Gasteiger partial charge is 0.477 e. The van der Waals surface area contributed by atoms with Gasteiger partial charge in [0.1, 0.15) is 0 Å². The van der Waals surface area contributed by atoms with Crippen LogP contribution in [0.2, 0.25) is 0 Å². The zero-order chi connectivity index (χ0) is 13.5. The number of halogens is 1. The molecule has 0 spiro atoms. The molecule has 1 amide bonds. The Kier molecular flexibility index (Phi) is 5.58. The molecule has 0 fully saturated rings. The molecule has 1 atom stereocenters. The van der Waals surface area contributed by atoms with E-state index in [9.17, 15) is 9.18 Å². The van der Waals surface area contributed by atoms with E-state index in [1.54, 1.807) is 19.1 Å². The minimum Gasteiger partial charge on any atom is -0.477 e. The van der Waals surface area contributed by atoms with Crippen molar-refractivity contribution in [2.24, 2.45) is 0 Å². The highest BCUT2D eigenvalue weighted by Gasteiger charge is 2.17. The van der Waals surface area contributed by atoms with E-state index in [2.05, 4.69) is 10.6 Å². The zero-order valence-electron chi connectivity index (χ0n) is 10.9. The molecule has 0 saturated carbocycles. The molecule has 1 aromatic rings. The zero-order valence-corrected chi connectivity index (χ0v) is 10.9. The van der Waals surface area contributed by atoms with Crippen LogP contribution < -0.4 is 15.4 Å². The van der Waals surface area contributed by atoms with E-state index in [1.807, 2.05) is 6.92 Å². The number of amides is 1. The molecule has 1 unspecified atom stereocenters. The van der Waals surface area contributed by atoms with Gasteiger partial charge in [-0.1, -0.05) is 19.1 Å². The van der Waals surface area contributed by atoms with Crippen molar-refractivity contribution < 1.29 is 13.9 Å². The van der Waals surface area contributed by atoms with Crippen LogP contribution >= 0.6 is 0 Å². The predicted molar refractivity (Wildman–Crippen MR) is 67.9 cm³/mol. The monoisotopic (exact) mass is 254 g/mol. The first-order valence-corrected chi connectivity index (χ1v) is 5.96. The molecule has 0 saturated heterocycles. The van der Waals surface area contributed by atoms with E-state index >= 15 is 0 Å². The quantitative estimate of drug-likeness (QED) is 0.808. The minimum absolute atomic E-state index is 0.134. The van der Waals surface area contributed by atoms with E-state index in [1.165, 1.54) is 13.1 Å². The molecular formula is C13H19FN2O2. The first kappa shape index (κ1) is 14.4. The highest BCUT2D eigenvalue weighted by Crippen LogP contribution is 2.23.